The normalized spacial score (nSPS) is 17.6. The molecule has 4 nitrogen and oxygen atoms in total. The first kappa shape index (κ1) is 19.2. The van der Waals surface area contributed by atoms with Crippen LogP contribution in [0.3, 0.4) is 0 Å². The maximum atomic E-state index is 10.6. The molecule has 1 atom stereocenters. The lowest BCUT2D eigenvalue weighted by Crippen LogP contribution is -2.35. The monoisotopic (exact) mass is 355 g/mol. The zero-order valence-corrected chi connectivity index (χ0v) is 13.6. The van der Waals surface area contributed by atoms with Gasteiger partial charge in [0.1, 0.15) is 0 Å². The topological polar surface area (TPSA) is 58.6 Å². The molecule has 3 rings (SSSR count). The second-order valence-electron chi connectivity index (χ2n) is 5.76. The fraction of sp³-hybridized carbons (Fsp3) is 0.389. The lowest BCUT2D eigenvalue weighted by molar-refractivity contribution is -0.192. The summed E-state index contributed by atoms with van der Waals surface area (Å²) in [6.07, 6.45) is -2.30. The fourth-order valence-electron chi connectivity index (χ4n) is 2.50. The zero-order valence-electron chi connectivity index (χ0n) is 13.6. The summed E-state index contributed by atoms with van der Waals surface area (Å²) in [4.78, 5) is 8.90. The first-order chi connectivity index (χ1) is 11.9. The van der Waals surface area contributed by atoms with Crippen molar-refractivity contribution in [3.63, 3.8) is 0 Å². The van der Waals surface area contributed by atoms with Crippen molar-refractivity contribution in [2.24, 2.45) is 0 Å². The summed E-state index contributed by atoms with van der Waals surface area (Å²) < 4.78 is 37.7. The summed E-state index contributed by atoms with van der Waals surface area (Å²) >= 11 is 0. The standard InChI is InChI=1S/C16H19NO.C2HF3O2/c1-2-5-15-10-13(7-8-14(15)4-1)12-18-16-6-3-9-17-11-16;3-2(4,5)1(6)7/h1-2,4-5,7-8,10,16-17H,3,6,9,11-12H2;(H,6,7). The number of ether oxygens (including phenoxy) is 1. The van der Waals surface area contributed by atoms with Crippen molar-refractivity contribution < 1.29 is 27.8 Å². The first-order valence-corrected chi connectivity index (χ1v) is 7.96. The molecule has 1 aliphatic heterocycles. The molecule has 0 aromatic heterocycles. The van der Waals surface area contributed by atoms with E-state index in [2.05, 4.69) is 47.8 Å². The van der Waals surface area contributed by atoms with E-state index in [1.54, 1.807) is 0 Å². The van der Waals surface area contributed by atoms with E-state index in [0.717, 1.165) is 19.7 Å². The molecule has 1 saturated heterocycles. The SMILES string of the molecule is O=C(O)C(F)(F)F.c1ccc2cc(COC3CCCNC3)ccc2c1. The van der Waals surface area contributed by atoms with Crippen LogP contribution in [0.2, 0.25) is 0 Å². The van der Waals surface area contributed by atoms with Crippen LogP contribution in [-0.2, 0) is 16.1 Å². The third-order valence-corrected chi connectivity index (χ3v) is 3.79. The highest BCUT2D eigenvalue weighted by atomic mass is 19.4. The molecule has 1 heterocycles. The Morgan fingerprint density at radius 2 is 1.88 bits per heavy atom. The Morgan fingerprint density at radius 1 is 1.20 bits per heavy atom. The number of hydrogen-bond acceptors (Lipinski definition) is 3. The number of rotatable bonds is 3. The van der Waals surface area contributed by atoms with Gasteiger partial charge in [0, 0.05) is 6.54 Å². The number of carbonyl (C=O) groups is 1. The van der Waals surface area contributed by atoms with Crippen molar-refractivity contribution in [1.82, 2.24) is 5.32 Å². The number of carboxylic acids is 1. The first-order valence-electron chi connectivity index (χ1n) is 7.96. The quantitative estimate of drug-likeness (QED) is 0.881. The van der Waals surface area contributed by atoms with E-state index >= 15 is 0 Å². The molecule has 0 amide bonds. The van der Waals surface area contributed by atoms with E-state index in [-0.39, 0.29) is 0 Å². The van der Waals surface area contributed by atoms with Gasteiger partial charge >= 0.3 is 12.1 Å². The predicted molar refractivity (Wildman–Crippen MR) is 88.3 cm³/mol. The minimum atomic E-state index is -5.08. The third kappa shape index (κ3) is 6.36. The minimum Gasteiger partial charge on any atom is -0.475 e. The number of hydrogen-bond donors (Lipinski definition) is 2. The molecule has 1 unspecified atom stereocenters. The summed E-state index contributed by atoms with van der Waals surface area (Å²) in [5, 5.41) is 13.1. The zero-order chi connectivity index (χ0) is 18.3. The van der Waals surface area contributed by atoms with Gasteiger partial charge < -0.3 is 15.2 Å². The van der Waals surface area contributed by atoms with Crippen molar-refractivity contribution in [3.8, 4) is 0 Å². The van der Waals surface area contributed by atoms with Crippen molar-refractivity contribution in [2.45, 2.75) is 31.7 Å². The van der Waals surface area contributed by atoms with E-state index in [9.17, 15) is 13.2 Å². The van der Waals surface area contributed by atoms with Crippen LogP contribution in [0.1, 0.15) is 18.4 Å². The van der Waals surface area contributed by atoms with E-state index in [0.29, 0.717) is 6.10 Å². The van der Waals surface area contributed by atoms with Gasteiger partial charge in [0.2, 0.25) is 0 Å². The minimum absolute atomic E-state index is 0.380. The lowest BCUT2D eigenvalue weighted by Gasteiger charge is -2.23. The number of fused-ring (bicyclic) bond motifs is 1. The van der Waals surface area contributed by atoms with Crippen molar-refractivity contribution in [2.75, 3.05) is 13.1 Å². The molecule has 0 radical (unpaired) electrons. The van der Waals surface area contributed by atoms with Crippen molar-refractivity contribution >= 4 is 16.7 Å². The molecule has 7 heteroatoms. The summed E-state index contributed by atoms with van der Waals surface area (Å²) in [6.45, 7) is 2.85. The molecule has 2 aromatic carbocycles. The molecule has 2 N–H and O–H groups in total. The molecule has 0 aliphatic carbocycles. The Bertz CT molecular complexity index is 697. The summed E-state index contributed by atoms with van der Waals surface area (Å²) in [5.74, 6) is -2.76. The average molecular weight is 355 g/mol. The van der Waals surface area contributed by atoms with Gasteiger partial charge in [-0.3, -0.25) is 0 Å². The molecule has 1 fully saturated rings. The second kappa shape index (κ2) is 8.82. The maximum Gasteiger partial charge on any atom is 0.490 e. The fourth-order valence-corrected chi connectivity index (χ4v) is 2.50. The van der Waals surface area contributed by atoms with Gasteiger partial charge in [-0.15, -0.1) is 0 Å². The number of alkyl halides is 3. The Hall–Kier alpha value is -2.12. The molecule has 136 valence electrons. The van der Waals surface area contributed by atoms with Crippen LogP contribution in [0, 0.1) is 0 Å². The van der Waals surface area contributed by atoms with Crippen LogP contribution in [0.15, 0.2) is 42.5 Å². The van der Waals surface area contributed by atoms with Crippen LogP contribution in [0.4, 0.5) is 13.2 Å². The van der Waals surface area contributed by atoms with E-state index in [1.807, 2.05) is 0 Å². The van der Waals surface area contributed by atoms with Gasteiger partial charge in [-0.2, -0.15) is 13.2 Å². The summed E-state index contributed by atoms with van der Waals surface area (Å²) in [5.41, 5.74) is 1.26. The van der Waals surface area contributed by atoms with Crippen LogP contribution in [0.25, 0.3) is 10.8 Å². The second-order valence-corrected chi connectivity index (χ2v) is 5.76. The van der Waals surface area contributed by atoms with Crippen LogP contribution >= 0.6 is 0 Å². The number of carboxylic acid groups (broad SMARTS) is 1. The molecule has 2 aromatic rings. The smallest absolute Gasteiger partial charge is 0.475 e. The number of aliphatic carboxylic acids is 1. The van der Waals surface area contributed by atoms with Crippen molar-refractivity contribution in [3.05, 3.63) is 48.0 Å². The highest BCUT2D eigenvalue weighted by Crippen LogP contribution is 2.17. The largest absolute Gasteiger partial charge is 0.490 e. The average Bonchev–Trinajstić information content (AvgIpc) is 2.60. The molecule has 0 saturated carbocycles. The highest BCUT2D eigenvalue weighted by molar-refractivity contribution is 5.82. The number of nitrogens with one attached hydrogen (secondary N) is 1. The highest BCUT2D eigenvalue weighted by Gasteiger charge is 2.38. The predicted octanol–water partition coefficient (Wildman–Crippen LogP) is 3.74. The summed E-state index contributed by atoms with van der Waals surface area (Å²) in [6, 6.07) is 15.0. The third-order valence-electron chi connectivity index (χ3n) is 3.79. The van der Waals surface area contributed by atoms with Gasteiger partial charge in [-0.05, 0) is 41.8 Å². The van der Waals surface area contributed by atoms with Crippen LogP contribution in [0.5, 0.6) is 0 Å². The molecule has 0 spiro atoms. The molecule has 1 aliphatic rings. The Kier molecular flexibility index (Phi) is 6.78. The maximum absolute atomic E-state index is 10.6. The summed E-state index contributed by atoms with van der Waals surface area (Å²) in [7, 11) is 0. The van der Waals surface area contributed by atoms with E-state index in [1.165, 1.54) is 29.2 Å². The van der Waals surface area contributed by atoms with E-state index in [4.69, 9.17) is 14.6 Å². The lowest BCUT2D eigenvalue weighted by atomic mass is 10.1. The van der Waals surface area contributed by atoms with Gasteiger partial charge in [0.05, 0.1) is 12.7 Å². The van der Waals surface area contributed by atoms with E-state index < -0.39 is 12.1 Å². The van der Waals surface area contributed by atoms with Crippen LogP contribution < -0.4 is 5.32 Å². The number of benzene rings is 2. The Balaban J connectivity index is 0.000000277. The van der Waals surface area contributed by atoms with Crippen LogP contribution in [-0.4, -0.2) is 36.4 Å². The van der Waals surface area contributed by atoms with Crippen molar-refractivity contribution in [1.29, 1.82) is 0 Å². The molecular formula is C18H20F3NO3. The Labute approximate surface area is 143 Å². The van der Waals surface area contributed by atoms with Gasteiger partial charge in [-0.25, -0.2) is 4.79 Å². The number of halogens is 3. The molecule has 25 heavy (non-hydrogen) atoms. The molecule has 0 bridgehead atoms. The molecular weight excluding hydrogens is 335 g/mol. The van der Waals surface area contributed by atoms with Gasteiger partial charge in [0.15, 0.2) is 0 Å². The van der Waals surface area contributed by atoms with Gasteiger partial charge in [-0.1, -0.05) is 36.4 Å². The number of piperidine rings is 1. The van der Waals surface area contributed by atoms with Gasteiger partial charge in [0.25, 0.3) is 0 Å². The Morgan fingerprint density at radius 3 is 2.48 bits per heavy atom.